The molecule has 0 amide bonds. The molecule has 0 saturated heterocycles. The van der Waals surface area contributed by atoms with Crippen molar-refractivity contribution >= 4 is 22.5 Å². The third-order valence-corrected chi connectivity index (χ3v) is 2.55. The lowest BCUT2D eigenvalue weighted by Crippen LogP contribution is -2.05. The number of fused-ring (bicyclic) bond motifs is 1. The van der Waals surface area contributed by atoms with Gasteiger partial charge in [-0.3, -0.25) is 4.98 Å². The molecular formula is C11H11ClN2. The maximum Gasteiger partial charge on any atom is 0.0891 e. The summed E-state index contributed by atoms with van der Waals surface area (Å²) in [5, 5.41) is 1.71. The van der Waals surface area contributed by atoms with Gasteiger partial charge in [0.1, 0.15) is 0 Å². The van der Waals surface area contributed by atoms with Crippen LogP contribution in [-0.4, -0.2) is 4.98 Å². The molecule has 0 saturated carbocycles. The monoisotopic (exact) mass is 206 g/mol. The summed E-state index contributed by atoms with van der Waals surface area (Å²) in [7, 11) is 0. The van der Waals surface area contributed by atoms with E-state index in [0.717, 1.165) is 16.5 Å². The maximum absolute atomic E-state index is 6.03. The highest BCUT2D eigenvalue weighted by Crippen LogP contribution is 2.27. The molecule has 1 unspecified atom stereocenters. The third kappa shape index (κ3) is 1.47. The van der Waals surface area contributed by atoms with E-state index in [9.17, 15) is 0 Å². The van der Waals surface area contributed by atoms with Gasteiger partial charge in [0.25, 0.3) is 0 Å². The van der Waals surface area contributed by atoms with Crippen LogP contribution in [0.4, 0.5) is 0 Å². The predicted octanol–water partition coefficient (Wildman–Crippen LogP) is 2.91. The van der Waals surface area contributed by atoms with E-state index in [2.05, 4.69) is 4.98 Å². The Bertz CT molecular complexity index is 466. The molecule has 2 nitrogen and oxygen atoms in total. The Hall–Kier alpha value is -1.12. The first-order chi connectivity index (χ1) is 6.70. The SMILES string of the molecule is CC(N)c1ccc(Cl)c2ncccc12. The van der Waals surface area contributed by atoms with Crippen LogP contribution >= 0.6 is 11.6 Å². The molecule has 0 aliphatic carbocycles. The summed E-state index contributed by atoms with van der Waals surface area (Å²) in [6.45, 7) is 1.95. The summed E-state index contributed by atoms with van der Waals surface area (Å²) in [6, 6.07) is 7.68. The van der Waals surface area contributed by atoms with Gasteiger partial charge in [-0.1, -0.05) is 23.7 Å². The number of rotatable bonds is 1. The van der Waals surface area contributed by atoms with Crippen molar-refractivity contribution in [3.63, 3.8) is 0 Å². The van der Waals surface area contributed by atoms with Gasteiger partial charge < -0.3 is 5.73 Å². The first kappa shape index (κ1) is 9.44. The minimum atomic E-state index is -0.000957. The van der Waals surface area contributed by atoms with E-state index in [1.54, 1.807) is 6.20 Å². The second-order valence-corrected chi connectivity index (χ2v) is 3.73. The number of benzene rings is 1. The summed E-state index contributed by atoms with van der Waals surface area (Å²) in [5.41, 5.74) is 7.76. The van der Waals surface area contributed by atoms with Crippen molar-refractivity contribution in [1.29, 1.82) is 0 Å². The molecule has 0 spiro atoms. The van der Waals surface area contributed by atoms with E-state index in [4.69, 9.17) is 17.3 Å². The molecule has 1 aromatic heterocycles. The standard InChI is InChI=1S/C11H11ClN2/c1-7(13)8-4-5-10(12)11-9(8)3-2-6-14-11/h2-7H,13H2,1H3. The van der Waals surface area contributed by atoms with Gasteiger partial charge in [0, 0.05) is 17.6 Å². The van der Waals surface area contributed by atoms with Gasteiger partial charge in [0.2, 0.25) is 0 Å². The quantitative estimate of drug-likeness (QED) is 0.779. The zero-order chi connectivity index (χ0) is 10.1. The molecule has 0 radical (unpaired) electrons. The predicted molar refractivity (Wildman–Crippen MR) is 59.4 cm³/mol. The fourth-order valence-electron chi connectivity index (χ4n) is 1.56. The summed E-state index contributed by atoms with van der Waals surface area (Å²) in [4.78, 5) is 4.24. The minimum absolute atomic E-state index is 0.000957. The van der Waals surface area contributed by atoms with E-state index in [1.165, 1.54) is 0 Å². The fraction of sp³-hybridized carbons (Fsp3) is 0.182. The minimum Gasteiger partial charge on any atom is -0.324 e. The van der Waals surface area contributed by atoms with Crippen LogP contribution in [0, 0.1) is 0 Å². The molecule has 72 valence electrons. The molecule has 2 aromatic rings. The van der Waals surface area contributed by atoms with Gasteiger partial charge >= 0.3 is 0 Å². The average molecular weight is 207 g/mol. The van der Waals surface area contributed by atoms with Crippen molar-refractivity contribution < 1.29 is 0 Å². The van der Waals surface area contributed by atoms with E-state index in [1.807, 2.05) is 31.2 Å². The summed E-state index contributed by atoms with van der Waals surface area (Å²) in [6.07, 6.45) is 1.74. The van der Waals surface area contributed by atoms with Crippen molar-refractivity contribution in [2.24, 2.45) is 5.73 Å². The highest BCUT2D eigenvalue weighted by molar-refractivity contribution is 6.35. The van der Waals surface area contributed by atoms with Gasteiger partial charge in [-0.2, -0.15) is 0 Å². The molecule has 0 bridgehead atoms. The largest absolute Gasteiger partial charge is 0.324 e. The van der Waals surface area contributed by atoms with Crippen molar-refractivity contribution in [3.8, 4) is 0 Å². The number of nitrogens with two attached hydrogens (primary N) is 1. The third-order valence-electron chi connectivity index (χ3n) is 2.24. The van der Waals surface area contributed by atoms with Crippen LogP contribution < -0.4 is 5.73 Å². The Balaban J connectivity index is 2.82. The van der Waals surface area contributed by atoms with E-state index < -0.39 is 0 Å². The number of pyridine rings is 1. The summed E-state index contributed by atoms with van der Waals surface area (Å²) in [5.74, 6) is 0. The highest BCUT2D eigenvalue weighted by Gasteiger charge is 2.07. The lowest BCUT2D eigenvalue weighted by atomic mass is 10.0. The Labute approximate surface area is 87.7 Å². The van der Waals surface area contributed by atoms with Crippen LogP contribution in [-0.2, 0) is 0 Å². The first-order valence-corrected chi connectivity index (χ1v) is 4.86. The second-order valence-electron chi connectivity index (χ2n) is 3.32. The number of halogens is 1. The Morgan fingerprint density at radius 2 is 2.14 bits per heavy atom. The van der Waals surface area contributed by atoms with Gasteiger partial charge in [0.15, 0.2) is 0 Å². The number of hydrogen-bond donors (Lipinski definition) is 1. The van der Waals surface area contributed by atoms with Crippen LogP contribution in [0.5, 0.6) is 0 Å². The van der Waals surface area contributed by atoms with Gasteiger partial charge in [-0.15, -0.1) is 0 Å². The Kier molecular flexibility index (Phi) is 2.40. The second kappa shape index (κ2) is 3.56. The van der Waals surface area contributed by atoms with Crippen molar-refractivity contribution in [1.82, 2.24) is 4.98 Å². The molecule has 2 rings (SSSR count). The molecule has 3 heteroatoms. The zero-order valence-electron chi connectivity index (χ0n) is 7.87. The highest BCUT2D eigenvalue weighted by atomic mass is 35.5. The van der Waals surface area contributed by atoms with E-state index in [0.29, 0.717) is 5.02 Å². The Morgan fingerprint density at radius 1 is 1.36 bits per heavy atom. The molecular weight excluding hydrogens is 196 g/mol. The van der Waals surface area contributed by atoms with Gasteiger partial charge in [-0.25, -0.2) is 0 Å². The van der Waals surface area contributed by atoms with Gasteiger partial charge in [-0.05, 0) is 24.6 Å². The van der Waals surface area contributed by atoms with Crippen LogP contribution in [0.3, 0.4) is 0 Å². The van der Waals surface area contributed by atoms with Gasteiger partial charge in [0.05, 0.1) is 10.5 Å². The fourth-order valence-corrected chi connectivity index (χ4v) is 1.77. The van der Waals surface area contributed by atoms with Crippen LogP contribution in [0.1, 0.15) is 18.5 Å². The van der Waals surface area contributed by atoms with Crippen LogP contribution in [0.15, 0.2) is 30.5 Å². The number of nitrogens with zero attached hydrogens (tertiary/aromatic N) is 1. The van der Waals surface area contributed by atoms with Crippen molar-refractivity contribution in [2.75, 3.05) is 0 Å². The normalized spacial score (nSPS) is 13.1. The lowest BCUT2D eigenvalue weighted by Gasteiger charge is -2.09. The molecule has 2 N–H and O–H groups in total. The molecule has 0 aliphatic rings. The molecule has 1 aromatic carbocycles. The van der Waals surface area contributed by atoms with Crippen molar-refractivity contribution in [3.05, 3.63) is 41.0 Å². The molecule has 0 aliphatic heterocycles. The van der Waals surface area contributed by atoms with E-state index in [-0.39, 0.29) is 6.04 Å². The average Bonchev–Trinajstić information content (AvgIpc) is 2.18. The maximum atomic E-state index is 6.03. The smallest absolute Gasteiger partial charge is 0.0891 e. The summed E-state index contributed by atoms with van der Waals surface area (Å²) >= 11 is 6.03. The molecule has 0 fully saturated rings. The van der Waals surface area contributed by atoms with Crippen molar-refractivity contribution in [2.45, 2.75) is 13.0 Å². The van der Waals surface area contributed by atoms with E-state index >= 15 is 0 Å². The number of hydrogen-bond acceptors (Lipinski definition) is 2. The Morgan fingerprint density at radius 3 is 2.86 bits per heavy atom. The molecule has 1 atom stereocenters. The first-order valence-electron chi connectivity index (χ1n) is 4.49. The topological polar surface area (TPSA) is 38.9 Å². The van der Waals surface area contributed by atoms with Crippen LogP contribution in [0.25, 0.3) is 10.9 Å². The zero-order valence-corrected chi connectivity index (χ0v) is 8.62. The summed E-state index contributed by atoms with van der Waals surface area (Å²) < 4.78 is 0. The molecule has 1 heterocycles. The number of aromatic nitrogens is 1. The van der Waals surface area contributed by atoms with Crippen LogP contribution in [0.2, 0.25) is 5.02 Å². The lowest BCUT2D eigenvalue weighted by molar-refractivity contribution is 0.826. The molecule has 14 heavy (non-hydrogen) atoms.